The monoisotopic (exact) mass is 258 g/mol. The molecule has 0 aliphatic heterocycles. The normalized spacial score (nSPS) is 23.2. The van der Waals surface area contributed by atoms with E-state index in [0.717, 1.165) is 0 Å². The van der Waals surface area contributed by atoms with Gasteiger partial charge in [-0.3, -0.25) is 4.79 Å². The summed E-state index contributed by atoms with van der Waals surface area (Å²) in [7, 11) is 0. The molecule has 0 spiro atoms. The number of benzene rings is 1. The SMILES string of the molecule is O=C(O)[C@H]1C[C@H](OCc2ccc(F)cc2Cl)C1. The standard InChI is InChI=1S/C12H12ClFO3/c13-11-5-9(14)2-1-7(11)6-17-10-3-8(4-10)12(15)16/h1-2,5,8,10H,3-4,6H2,(H,15,16)/t8-,10-. The molecule has 92 valence electrons. The molecule has 0 unspecified atom stereocenters. The molecule has 0 atom stereocenters. The van der Waals surface area contributed by atoms with Crippen molar-refractivity contribution in [3.63, 3.8) is 0 Å². The van der Waals surface area contributed by atoms with Gasteiger partial charge in [0.2, 0.25) is 0 Å². The molecule has 1 N–H and O–H groups in total. The van der Waals surface area contributed by atoms with Crippen LogP contribution in [0.15, 0.2) is 18.2 Å². The van der Waals surface area contributed by atoms with E-state index in [9.17, 15) is 9.18 Å². The van der Waals surface area contributed by atoms with Crippen molar-refractivity contribution in [3.05, 3.63) is 34.6 Å². The summed E-state index contributed by atoms with van der Waals surface area (Å²) in [5.74, 6) is -1.44. The first-order valence-electron chi connectivity index (χ1n) is 5.34. The first-order chi connectivity index (χ1) is 8.06. The van der Waals surface area contributed by atoms with Crippen LogP contribution in [-0.2, 0) is 16.1 Å². The zero-order valence-corrected chi connectivity index (χ0v) is 9.78. The van der Waals surface area contributed by atoms with E-state index < -0.39 is 5.97 Å². The molecule has 0 saturated heterocycles. The Morgan fingerprint density at radius 3 is 2.82 bits per heavy atom. The highest BCUT2D eigenvalue weighted by Crippen LogP contribution is 2.31. The lowest BCUT2D eigenvalue weighted by molar-refractivity contribution is -0.151. The van der Waals surface area contributed by atoms with Gasteiger partial charge in [0.25, 0.3) is 0 Å². The lowest BCUT2D eigenvalue weighted by Gasteiger charge is -2.32. The third kappa shape index (κ3) is 2.96. The van der Waals surface area contributed by atoms with Crippen molar-refractivity contribution in [2.75, 3.05) is 0 Å². The minimum Gasteiger partial charge on any atom is -0.481 e. The van der Waals surface area contributed by atoms with Gasteiger partial charge < -0.3 is 9.84 Å². The van der Waals surface area contributed by atoms with Crippen molar-refractivity contribution in [2.45, 2.75) is 25.6 Å². The third-order valence-corrected chi connectivity index (χ3v) is 3.29. The predicted molar refractivity (Wildman–Crippen MR) is 60.3 cm³/mol. The molecular formula is C12H12ClFO3. The molecule has 2 rings (SSSR count). The number of halogens is 2. The van der Waals surface area contributed by atoms with Crippen LogP contribution in [0.1, 0.15) is 18.4 Å². The lowest BCUT2D eigenvalue weighted by Crippen LogP contribution is -2.36. The molecule has 1 aliphatic rings. The molecular weight excluding hydrogens is 247 g/mol. The van der Waals surface area contributed by atoms with Gasteiger partial charge in [0.05, 0.1) is 18.6 Å². The van der Waals surface area contributed by atoms with Crippen LogP contribution in [0.25, 0.3) is 0 Å². The summed E-state index contributed by atoms with van der Waals surface area (Å²) >= 11 is 5.84. The van der Waals surface area contributed by atoms with Crippen LogP contribution >= 0.6 is 11.6 Å². The van der Waals surface area contributed by atoms with Crippen molar-refractivity contribution in [1.82, 2.24) is 0 Å². The maximum atomic E-state index is 12.8. The summed E-state index contributed by atoms with van der Waals surface area (Å²) in [6.45, 7) is 0.288. The highest BCUT2D eigenvalue weighted by molar-refractivity contribution is 6.31. The van der Waals surface area contributed by atoms with Gasteiger partial charge in [-0.15, -0.1) is 0 Å². The Labute approximate surface area is 103 Å². The average Bonchev–Trinajstić information content (AvgIpc) is 2.17. The second-order valence-corrected chi connectivity index (χ2v) is 4.58. The lowest BCUT2D eigenvalue weighted by atomic mass is 9.82. The maximum absolute atomic E-state index is 12.8. The van der Waals surface area contributed by atoms with Crippen LogP contribution < -0.4 is 0 Å². The zero-order valence-electron chi connectivity index (χ0n) is 9.03. The number of hydrogen-bond acceptors (Lipinski definition) is 2. The molecule has 0 heterocycles. The fourth-order valence-electron chi connectivity index (χ4n) is 1.75. The molecule has 1 aromatic rings. The van der Waals surface area contributed by atoms with Gasteiger partial charge in [-0.1, -0.05) is 17.7 Å². The van der Waals surface area contributed by atoms with Crippen LogP contribution in [0.3, 0.4) is 0 Å². The summed E-state index contributed by atoms with van der Waals surface area (Å²) < 4.78 is 18.3. The van der Waals surface area contributed by atoms with Crippen LogP contribution in [0.4, 0.5) is 4.39 Å². The van der Waals surface area contributed by atoms with E-state index in [-0.39, 0.29) is 24.4 Å². The van der Waals surface area contributed by atoms with Gasteiger partial charge in [-0.25, -0.2) is 4.39 Å². The largest absolute Gasteiger partial charge is 0.481 e. The third-order valence-electron chi connectivity index (χ3n) is 2.93. The Morgan fingerprint density at radius 1 is 1.53 bits per heavy atom. The van der Waals surface area contributed by atoms with Gasteiger partial charge >= 0.3 is 5.97 Å². The van der Waals surface area contributed by atoms with Gasteiger partial charge in [0.15, 0.2) is 0 Å². The van der Waals surface area contributed by atoms with E-state index in [1.807, 2.05) is 0 Å². The van der Waals surface area contributed by atoms with Gasteiger partial charge in [-0.05, 0) is 30.5 Å². The summed E-state index contributed by atoms with van der Waals surface area (Å²) in [4.78, 5) is 10.6. The molecule has 1 aliphatic carbocycles. The number of hydrogen-bond donors (Lipinski definition) is 1. The quantitative estimate of drug-likeness (QED) is 0.903. The summed E-state index contributed by atoms with van der Waals surface area (Å²) in [5, 5.41) is 9.03. The molecule has 1 fully saturated rings. The van der Waals surface area contributed by atoms with E-state index in [2.05, 4.69) is 0 Å². The van der Waals surface area contributed by atoms with Crippen molar-refractivity contribution in [1.29, 1.82) is 0 Å². The van der Waals surface area contributed by atoms with E-state index in [0.29, 0.717) is 23.4 Å². The maximum Gasteiger partial charge on any atom is 0.306 e. The fraction of sp³-hybridized carbons (Fsp3) is 0.417. The van der Waals surface area contributed by atoms with Crippen LogP contribution in [0, 0.1) is 11.7 Å². The molecule has 1 saturated carbocycles. The Balaban J connectivity index is 1.81. The Kier molecular flexibility index (Phi) is 3.64. The minimum atomic E-state index is -0.773. The molecule has 0 bridgehead atoms. The van der Waals surface area contributed by atoms with Crippen LogP contribution in [0.2, 0.25) is 5.02 Å². The molecule has 0 radical (unpaired) electrons. The van der Waals surface area contributed by atoms with Crippen molar-refractivity contribution in [2.24, 2.45) is 5.92 Å². The second kappa shape index (κ2) is 5.02. The Bertz CT molecular complexity index is 430. The number of carboxylic acids is 1. The first kappa shape index (κ1) is 12.3. The van der Waals surface area contributed by atoms with Crippen molar-refractivity contribution < 1.29 is 19.0 Å². The van der Waals surface area contributed by atoms with Crippen LogP contribution in [0.5, 0.6) is 0 Å². The first-order valence-corrected chi connectivity index (χ1v) is 5.72. The van der Waals surface area contributed by atoms with E-state index >= 15 is 0 Å². The zero-order chi connectivity index (χ0) is 12.4. The highest BCUT2D eigenvalue weighted by atomic mass is 35.5. The highest BCUT2D eigenvalue weighted by Gasteiger charge is 2.35. The van der Waals surface area contributed by atoms with Gasteiger partial charge in [-0.2, -0.15) is 0 Å². The second-order valence-electron chi connectivity index (χ2n) is 4.18. The van der Waals surface area contributed by atoms with Gasteiger partial charge in [0, 0.05) is 5.02 Å². The Hall–Kier alpha value is -1.13. The predicted octanol–water partition coefficient (Wildman–Crippen LogP) is 2.86. The van der Waals surface area contributed by atoms with E-state index in [4.69, 9.17) is 21.4 Å². The number of rotatable bonds is 4. The van der Waals surface area contributed by atoms with Crippen LogP contribution in [-0.4, -0.2) is 17.2 Å². The molecule has 5 heteroatoms. The smallest absolute Gasteiger partial charge is 0.306 e. The number of carbonyl (C=O) groups is 1. The minimum absolute atomic E-state index is 0.0304. The number of aliphatic carboxylic acids is 1. The number of carboxylic acid groups (broad SMARTS) is 1. The topological polar surface area (TPSA) is 46.5 Å². The van der Waals surface area contributed by atoms with Gasteiger partial charge in [0.1, 0.15) is 5.82 Å². The fourth-order valence-corrected chi connectivity index (χ4v) is 1.97. The molecule has 0 aromatic heterocycles. The molecule has 1 aromatic carbocycles. The van der Waals surface area contributed by atoms with E-state index in [1.165, 1.54) is 12.1 Å². The number of ether oxygens (including phenoxy) is 1. The molecule has 17 heavy (non-hydrogen) atoms. The molecule has 0 amide bonds. The van der Waals surface area contributed by atoms with E-state index in [1.54, 1.807) is 6.07 Å². The average molecular weight is 259 g/mol. The summed E-state index contributed by atoms with van der Waals surface area (Å²) in [6.07, 6.45) is 1.04. The Morgan fingerprint density at radius 2 is 2.24 bits per heavy atom. The van der Waals surface area contributed by atoms with Crippen molar-refractivity contribution >= 4 is 17.6 Å². The summed E-state index contributed by atoms with van der Waals surface area (Å²) in [5.41, 5.74) is 0.715. The summed E-state index contributed by atoms with van der Waals surface area (Å²) in [6, 6.07) is 4.14. The van der Waals surface area contributed by atoms with Crippen molar-refractivity contribution in [3.8, 4) is 0 Å². The molecule has 3 nitrogen and oxygen atoms in total.